The Bertz CT molecular complexity index is 2170. The highest BCUT2D eigenvalue weighted by molar-refractivity contribution is 6.95. The van der Waals surface area contributed by atoms with Gasteiger partial charge in [0.2, 0.25) is 47.3 Å². The van der Waals surface area contributed by atoms with Crippen molar-refractivity contribution in [3.63, 3.8) is 0 Å². The second kappa shape index (κ2) is 39.0. The number of nitrogens with one attached hydrogen (secondary N) is 11. The molecule has 0 radical (unpaired) electrons. The van der Waals surface area contributed by atoms with Gasteiger partial charge in [-0.3, -0.25) is 63.9 Å². The average molecular weight is 1340 g/mol. The molecule has 29 heteroatoms. The number of amides is 10. The van der Waals surface area contributed by atoms with Gasteiger partial charge in [-0.15, -0.1) is 0 Å². The molecule has 21 nitrogen and oxygen atoms in total. The molecule has 0 spiro atoms. The van der Waals surface area contributed by atoms with Crippen LogP contribution in [0.4, 0.5) is 0 Å². The molecule has 11 N–H and O–H groups in total. The summed E-state index contributed by atoms with van der Waals surface area (Å²) < 4.78 is 7.76. The second-order valence-electron chi connectivity index (χ2n) is 29.3. The third-order valence-electron chi connectivity index (χ3n) is 15.5. The fourth-order valence-corrected chi connectivity index (χ4v) is 43.2. The Kier molecular flexibility index (Phi) is 36.6. The van der Waals surface area contributed by atoms with Crippen molar-refractivity contribution in [2.75, 3.05) is 26.2 Å². The highest BCUT2D eigenvalue weighted by Crippen LogP contribution is 2.26. The van der Waals surface area contributed by atoms with E-state index in [0.717, 1.165) is 70.5 Å². The molecule has 10 fully saturated rings. The lowest BCUT2D eigenvalue weighted by Crippen LogP contribution is -2.61. The van der Waals surface area contributed by atoms with Gasteiger partial charge < -0.3 is 39.9 Å². The quantitative estimate of drug-likeness (QED) is 0.0823. The van der Waals surface area contributed by atoms with Gasteiger partial charge in [-0.1, -0.05) is 118 Å². The molecule has 494 valence electrons. The summed E-state index contributed by atoms with van der Waals surface area (Å²) in [5.41, 5.74) is 0. The summed E-state index contributed by atoms with van der Waals surface area (Å²) in [5.74, 6) is -0.298. The first-order valence-electron chi connectivity index (χ1n) is 32.0. The number of carbonyl (C=O) groups excluding carboxylic acids is 10. The fourth-order valence-electron chi connectivity index (χ4n) is 10.9. The minimum absolute atomic E-state index is 0.138. The summed E-state index contributed by atoms with van der Waals surface area (Å²) in [6.45, 7) is 42.3. The number of hydrogen-bond donors (Lipinski definition) is 11. The maximum Gasteiger partial charge on any atom is 0.250 e. The molecule has 11 aliphatic rings. The predicted molar refractivity (Wildman–Crippen MR) is 370 cm³/mol. The van der Waals surface area contributed by atoms with Crippen LogP contribution in [0, 0.1) is 0 Å². The van der Waals surface area contributed by atoms with Crippen LogP contribution in [-0.2, 0) is 47.9 Å². The van der Waals surface area contributed by atoms with E-state index >= 15 is 0 Å². The topological polar surface area (TPSA) is 303 Å². The van der Waals surface area contributed by atoms with E-state index in [-0.39, 0.29) is 59.1 Å². The van der Waals surface area contributed by atoms with Gasteiger partial charge in [0, 0.05) is 76.6 Å². The molecule has 11 aliphatic heterocycles. The molecule has 0 aromatic rings. The smallest absolute Gasteiger partial charge is 0.250 e. The molecule has 0 unspecified atom stereocenters. The monoisotopic (exact) mass is 1340 g/mol. The van der Waals surface area contributed by atoms with Gasteiger partial charge in [0.15, 0.2) is 16.5 Å². The lowest BCUT2D eigenvalue weighted by atomic mass is 10.1. The van der Waals surface area contributed by atoms with Gasteiger partial charge >= 0.3 is 0 Å². The van der Waals surface area contributed by atoms with E-state index in [1.807, 2.05) is 5.32 Å². The van der Waals surface area contributed by atoms with Crippen LogP contribution >= 0.6 is 0 Å². The van der Waals surface area contributed by atoms with E-state index in [1.54, 1.807) is 0 Å². The van der Waals surface area contributed by atoms with Gasteiger partial charge in [0.25, 0.3) is 11.8 Å². The van der Waals surface area contributed by atoms with E-state index in [0.29, 0.717) is 32.1 Å². The average Bonchev–Trinajstić information content (AvgIpc) is 3.01. The summed E-state index contributed by atoms with van der Waals surface area (Å²) in [5, 5.41) is 11.8. The van der Waals surface area contributed by atoms with Crippen molar-refractivity contribution < 1.29 is 47.9 Å². The zero-order valence-corrected chi connectivity index (χ0v) is 64.2. The highest BCUT2D eigenvalue weighted by Gasteiger charge is 2.38. The molecule has 11 rings (SSSR count). The van der Waals surface area contributed by atoms with Gasteiger partial charge in [0.1, 0.15) is 49.4 Å². The van der Waals surface area contributed by atoms with Crippen LogP contribution in [0.5, 0.6) is 0 Å². The standard InChI is InChI=1S/C7H19NSi2.C6H13NOSi.C6H17NSi2.C6H15NSi.C5H7NO2.C5H11NOSi.C5H9NO.C5H13NSi.C4H5NO2.C4H3NO2.C4H7NO/c1-9(2)6-5-7-10(3,4)8-9;1-9(2)5-3-4-6(8)7-9;1-8(2)5-6-9(3,4)7-8;1-8(2)6-4-3-5-7-8;7-4-2-1-3-5(8)6-4;1-8(2)4-3-5(7)6-8;7-5-3-1-2-4-6-5;1-7(2)5-3-4-6-7;2*6-3-1-2-4(7)5-3;6-4-2-1-3-5-4/h8H,5-7H2,1-4H3;3-5H2,1-2H3,(H,7,8);7H,5-6H2,1-4H3;7H,3-6H2,1-2H3;1-3H2,(H,6,7,8);3-4H2,1-2H3,(H,6,7);1-4H2,(H,6,7);6H,3-5H2,1-2H3;1-2H2,(H,5,6,7);1-2H,(H,5,6,7);1-3H2,(H,5,6). The first-order chi connectivity index (χ1) is 39.6. The van der Waals surface area contributed by atoms with Crippen molar-refractivity contribution in [1.29, 1.82) is 0 Å². The van der Waals surface area contributed by atoms with Gasteiger partial charge in [-0.25, -0.2) is 0 Å². The second-order valence-corrected chi connectivity index (χ2v) is 66.6. The first kappa shape index (κ1) is 80.6. The number of hydrogen-bond acceptors (Lipinski definition) is 14. The van der Waals surface area contributed by atoms with Gasteiger partial charge in [-0.2, -0.15) is 0 Å². The summed E-state index contributed by atoms with van der Waals surface area (Å²) in [4.78, 5) is 116. The zero-order valence-electron chi connectivity index (χ0n) is 56.2. The van der Waals surface area contributed by atoms with Crippen molar-refractivity contribution in [3.8, 4) is 0 Å². The van der Waals surface area contributed by atoms with Gasteiger partial charge in [-0.05, 0) is 106 Å². The molecule has 0 aromatic carbocycles. The molecule has 0 bridgehead atoms. The predicted octanol–water partition coefficient (Wildman–Crippen LogP) is 7.58. The maximum absolute atomic E-state index is 10.8. The Balaban J connectivity index is 0.000000474. The molecule has 0 aromatic heterocycles. The molecular weight excluding hydrogens is 1220 g/mol. The molecule has 10 saturated heterocycles. The number of imide groups is 3. The number of carbonyl (C=O) groups is 10. The lowest BCUT2D eigenvalue weighted by molar-refractivity contribution is -0.133. The fraction of sp³-hybridized carbons (Fsp3) is 0.789. The van der Waals surface area contributed by atoms with Crippen LogP contribution in [0.15, 0.2) is 12.2 Å². The Hall–Kier alpha value is -3.38. The SMILES string of the molecule is C[Si]1(C)CCC(=O)N1.C[Si]1(C)CCCC(=O)N1.C[Si]1(C)CCCCN1.C[Si]1(C)CCCN1.C[Si]1(C)CCC[Si](C)(C)N1.C[Si]1(C)CC[Si](C)(C)N1.O=C1C=CC(=O)N1.O=C1CCC(=O)N1.O=C1CCCC(=O)N1.O=C1CCCCN1.O=C1CCCN1. The normalized spacial score (nSPS) is 24.8. The zero-order chi connectivity index (χ0) is 65.5. The van der Waals surface area contributed by atoms with Gasteiger partial charge in [0.05, 0.1) is 0 Å². The van der Waals surface area contributed by atoms with Crippen LogP contribution in [0.25, 0.3) is 0 Å². The lowest BCUT2D eigenvalue weighted by Gasteiger charge is -2.39. The molecule has 0 aliphatic carbocycles. The molecule has 10 amide bonds. The summed E-state index contributed by atoms with van der Waals surface area (Å²) in [6.07, 6.45) is 18.0. The van der Waals surface area contributed by atoms with E-state index < -0.39 is 65.9 Å². The Morgan fingerprint density at radius 2 is 0.605 bits per heavy atom. The maximum atomic E-state index is 10.8. The highest BCUT2D eigenvalue weighted by atomic mass is 28.4. The molecular formula is C57H119N11O10Si8. The van der Waals surface area contributed by atoms with Crippen LogP contribution < -0.4 is 55.8 Å². The van der Waals surface area contributed by atoms with Crippen molar-refractivity contribution in [1.82, 2.24) is 55.8 Å². The molecule has 0 saturated carbocycles. The Morgan fingerprint density at radius 1 is 0.256 bits per heavy atom. The van der Waals surface area contributed by atoms with Crippen molar-refractivity contribution in [2.24, 2.45) is 0 Å². The van der Waals surface area contributed by atoms with Crippen molar-refractivity contribution in [3.05, 3.63) is 12.2 Å². The van der Waals surface area contributed by atoms with E-state index in [1.165, 1.54) is 93.2 Å². The Labute approximate surface area is 526 Å². The van der Waals surface area contributed by atoms with Crippen LogP contribution in [0.3, 0.4) is 0 Å². The third-order valence-corrected chi connectivity index (χ3v) is 43.7. The summed E-state index contributed by atoms with van der Waals surface area (Å²) in [7, 11) is -7.64. The molecule has 0 atom stereocenters. The Morgan fingerprint density at radius 3 is 0.802 bits per heavy atom. The summed E-state index contributed by atoms with van der Waals surface area (Å²) in [6, 6.07) is 11.3. The van der Waals surface area contributed by atoms with Crippen molar-refractivity contribution >= 4 is 125 Å². The minimum Gasteiger partial charge on any atom is -0.382 e. The van der Waals surface area contributed by atoms with Crippen LogP contribution in [0.2, 0.25) is 153 Å². The van der Waals surface area contributed by atoms with E-state index in [4.69, 9.17) is 0 Å². The van der Waals surface area contributed by atoms with Crippen LogP contribution in [0.1, 0.15) is 109 Å². The number of rotatable bonds is 0. The van der Waals surface area contributed by atoms with E-state index in [9.17, 15) is 47.9 Å². The molecule has 11 heterocycles. The van der Waals surface area contributed by atoms with Crippen LogP contribution in [-0.4, -0.2) is 151 Å². The minimum atomic E-state index is -1.25. The summed E-state index contributed by atoms with van der Waals surface area (Å²) >= 11 is 0. The third kappa shape index (κ3) is 43.3. The van der Waals surface area contributed by atoms with Crippen molar-refractivity contribution in [2.45, 2.75) is 262 Å². The molecule has 86 heavy (non-hydrogen) atoms. The largest absolute Gasteiger partial charge is 0.382 e. The first-order valence-corrected chi connectivity index (χ1v) is 57.7. The number of piperidine rings is 2. The van der Waals surface area contributed by atoms with E-state index in [2.05, 4.69) is 155 Å².